The highest BCUT2D eigenvalue weighted by atomic mass is 32.1. The van der Waals surface area contributed by atoms with Crippen LogP contribution in [0.5, 0.6) is 0 Å². The molecule has 8 heteroatoms. The Morgan fingerprint density at radius 2 is 1.76 bits per heavy atom. The van der Waals surface area contributed by atoms with Gasteiger partial charge in [0.1, 0.15) is 6.10 Å². The number of carbonyl (C=O) groups is 3. The Hall–Kier alpha value is -3.65. The average molecular weight is 518 g/mol. The Balaban J connectivity index is 1.36. The first-order valence-corrected chi connectivity index (χ1v) is 13.6. The summed E-state index contributed by atoms with van der Waals surface area (Å²) in [6, 6.07) is 19.7. The summed E-state index contributed by atoms with van der Waals surface area (Å²) in [6.45, 7) is 2.04. The van der Waals surface area contributed by atoms with Crippen molar-refractivity contribution in [2.45, 2.75) is 51.2 Å². The molecule has 1 aromatic heterocycles. The van der Waals surface area contributed by atoms with E-state index in [0.29, 0.717) is 28.7 Å². The van der Waals surface area contributed by atoms with E-state index in [1.165, 1.54) is 42.4 Å². The van der Waals surface area contributed by atoms with Gasteiger partial charge in [0.15, 0.2) is 0 Å². The molecule has 1 atom stereocenters. The molecule has 2 N–H and O–H groups in total. The number of hydrogen-bond acceptors (Lipinski definition) is 6. The van der Waals surface area contributed by atoms with Crippen LogP contribution in [0.25, 0.3) is 10.4 Å². The number of hydrogen-bond donors (Lipinski definition) is 2. The van der Waals surface area contributed by atoms with Crippen LogP contribution in [0.3, 0.4) is 0 Å². The molecule has 0 bridgehead atoms. The van der Waals surface area contributed by atoms with E-state index in [-0.39, 0.29) is 18.2 Å². The molecule has 2 amide bonds. The van der Waals surface area contributed by atoms with Gasteiger partial charge in [0.05, 0.1) is 23.7 Å². The van der Waals surface area contributed by atoms with E-state index >= 15 is 0 Å². The van der Waals surface area contributed by atoms with Gasteiger partial charge < -0.3 is 15.4 Å². The van der Waals surface area contributed by atoms with Gasteiger partial charge in [-0.15, -0.1) is 11.3 Å². The fourth-order valence-electron chi connectivity index (χ4n) is 4.90. The number of anilines is 2. The van der Waals surface area contributed by atoms with Crippen molar-refractivity contribution in [2.24, 2.45) is 0 Å². The molecule has 1 saturated carbocycles. The summed E-state index contributed by atoms with van der Waals surface area (Å²) in [7, 11) is 0. The summed E-state index contributed by atoms with van der Waals surface area (Å²) >= 11 is 1.51. The lowest BCUT2D eigenvalue weighted by atomic mass is 9.95. The van der Waals surface area contributed by atoms with E-state index < -0.39 is 12.2 Å². The molecule has 2 heterocycles. The fourth-order valence-corrected chi connectivity index (χ4v) is 5.99. The highest BCUT2D eigenvalue weighted by Crippen LogP contribution is 2.38. The van der Waals surface area contributed by atoms with E-state index in [2.05, 4.69) is 28.8 Å². The van der Waals surface area contributed by atoms with Crippen molar-refractivity contribution in [1.29, 1.82) is 0 Å². The number of ether oxygens (including phenoxy) is 1. The lowest BCUT2D eigenvalue weighted by Crippen LogP contribution is -2.33. The van der Waals surface area contributed by atoms with Crippen molar-refractivity contribution in [2.75, 3.05) is 23.3 Å². The molecule has 0 spiro atoms. The number of thiophene rings is 1. The minimum atomic E-state index is -0.459. The number of ketones is 1. The van der Waals surface area contributed by atoms with Gasteiger partial charge in [-0.2, -0.15) is 0 Å². The maximum absolute atomic E-state index is 13.7. The Morgan fingerprint density at radius 1 is 1.03 bits per heavy atom. The van der Waals surface area contributed by atoms with Crippen LogP contribution >= 0.6 is 11.3 Å². The van der Waals surface area contributed by atoms with Crippen LogP contribution in [-0.4, -0.2) is 43.0 Å². The highest BCUT2D eigenvalue weighted by Gasteiger charge is 2.32. The predicted molar refractivity (Wildman–Crippen MR) is 146 cm³/mol. The van der Waals surface area contributed by atoms with Crippen LogP contribution in [0, 0.1) is 0 Å². The van der Waals surface area contributed by atoms with Gasteiger partial charge in [-0.05, 0) is 48.7 Å². The molecule has 2 aromatic carbocycles. The van der Waals surface area contributed by atoms with E-state index in [1.54, 1.807) is 24.3 Å². The minimum Gasteiger partial charge on any atom is -0.442 e. The first kappa shape index (κ1) is 25.0. The number of carbonyl (C=O) groups excluding carboxylic acids is 3. The number of cyclic esters (lactones) is 1. The second kappa shape index (κ2) is 11.2. The van der Waals surface area contributed by atoms with Crippen molar-refractivity contribution >= 4 is 40.5 Å². The van der Waals surface area contributed by atoms with Gasteiger partial charge in [0.25, 0.3) is 0 Å². The minimum absolute atomic E-state index is 0.0374. The number of amides is 2. The second-order valence-electron chi connectivity index (χ2n) is 9.63. The van der Waals surface area contributed by atoms with Gasteiger partial charge in [0.2, 0.25) is 11.7 Å². The largest absolute Gasteiger partial charge is 0.442 e. The zero-order chi connectivity index (χ0) is 25.8. The van der Waals surface area contributed by atoms with Crippen LogP contribution in [0.1, 0.15) is 54.3 Å². The second-order valence-corrected chi connectivity index (χ2v) is 10.7. The summed E-state index contributed by atoms with van der Waals surface area (Å²) in [5.74, 6) is -0.205. The maximum Gasteiger partial charge on any atom is 0.414 e. The fraction of sp³-hybridized carbons (Fsp3) is 0.345. The summed E-state index contributed by atoms with van der Waals surface area (Å²) in [6.07, 6.45) is 5.06. The molecular weight excluding hydrogens is 486 g/mol. The molecule has 7 nitrogen and oxygen atoms in total. The quantitative estimate of drug-likeness (QED) is 0.366. The van der Waals surface area contributed by atoms with Gasteiger partial charge in [0, 0.05) is 29.1 Å². The third-order valence-corrected chi connectivity index (χ3v) is 8.04. The monoisotopic (exact) mass is 517 g/mol. The zero-order valence-corrected chi connectivity index (χ0v) is 21.7. The molecule has 5 rings (SSSR count). The van der Waals surface area contributed by atoms with Crippen LogP contribution < -0.4 is 15.5 Å². The van der Waals surface area contributed by atoms with Gasteiger partial charge in [-0.25, -0.2) is 4.79 Å². The van der Waals surface area contributed by atoms with Crippen molar-refractivity contribution < 1.29 is 19.1 Å². The summed E-state index contributed by atoms with van der Waals surface area (Å²) < 4.78 is 5.36. The van der Waals surface area contributed by atoms with Crippen molar-refractivity contribution in [1.82, 2.24) is 5.32 Å². The third-order valence-electron chi connectivity index (χ3n) is 6.86. The lowest BCUT2D eigenvalue weighted by molar-refractivity contribution is -0.119. The topological polar surface area (TPSA) is 87.7 Å². The number of nitrogens with one attached hydrogen (secondary N) is 2. The van der Waals surface area contributed by atoms with Crippen molar-refractivity contribution in [3.05, 3.63) is 71.1 Å². The van der Waals surface area contributed by atoms with Crippen molar-refractivity contribution in [3.63, 3.8) is 0 Å². The van der Waals surface area contributed by atoms with Crippen LogP contribution in [0.2, 0.25) is 0 Å². The predicted octanol–water partition coefficient (Wildman–Crippen LogP) is 5.85. The van der Waals surface area contributed by atoms with Crippen LogP contribution in [0.4, 0.5) is 16.2 Å². The molecular formula is C29H31N3O4S. The summed E-state index contributed by atoms with van der Waals surface area (Å²) in [5.41, 5.74) is 3.21. The van der Waals surface area contributed by atoms with E-state index in [1.807, 2.05) is 18.2 Å². The summed E-state index contributed by atoms with van der Waals surface area (Å²) in [5, 5.41) is 6.35. The SMILES string of the molecule is CC(=O)NC[C@H]1CN(c2ccc(C(=O)c3sc(-c4ccccc4)cc3NC3CCCCC3)cc2)C(=O)O1. The molecule has 3 aromatic rings. The summed E-state index contributed by atoms with van der Waals surface area (Å²) in [4.78, 5) is 40.5. The third kappa shape index (κ3) is 5.85. The molecule has 0 radical (unpaired) electrons. The molecule has 2 aliphatic rings. The zero-order valence-electron chi connectivity index (χ0n) is 20.9. The first-order chi connectivity index (χ1) is 18.0. The number of nitrogens with zero attached hydrogens (tertiary/aromatic N) is 1. The molecule has 1 aliphatic heterocycles. The Morgan fingerprint density at radius 3 is 2.46 bits per heavy atom. The number of rotatable bonds is 8. The average Bonchev–Trinajstić information content (AvgIpc) is 3.51. The molecule has 192 valence electrons. The molecule has 2 fully saturated rings. The number of benzene rings is 2. The van der Waals surface area contributed by atoms with E-state index in [0.717, 1.165) is 29.0 Å². The Bertz CT molecular complexity index is 1270. The van der Waals surface area contributed by atoms with Crippen molar-refractivity contribution in [3.8, 4) is 10.4 Å². The van der Waals surface area contributed by atoms with Gasteiger partial charge >= 0.3 is 6.09 Å². The molecule has 0 unspecified atom stereocenters. The normalized spacial score (nSPS) is 17.9. The van der Waals surface area contributed by atoms with Crippen LogP contribution in [-0.2, 0) is 9.53 Å². The smallest absolute Gasteiger partial charge is 0.414 e. The highest BCUT2D eigenvalue weighted by molar-refractivity contribution is 7.18. The lowest BCUT2D eigenvalue weighted by Gasteiger charge is -2.23. The molecule has 1 aliphatic carbocycles. The standard InChI is InChI=1S/C29H31N3O4S/c1-19(33)30-17-24-18-32(29(35)36-24)23-14-12-21(13-15-23)27(34)28-25(31-22-10-6-3-7-11-22)16-26(37-28)20-8-4-2-5-9-20/h2,4-5,8-9,12-16,22,24,31H,3,6-7,10-11,17-18H2,1H3,(H,30,33)/t24-/m0/s1. The molecule has 37 heavy (non-hydrogen) atoms. The van der Waals surface area contributed by atoms with Crippen LogP contribution in [0.15, 0.2) is 60.7 Å². The first-order valence-electron chi connectivity index (χ1n) is 12.8. The van der Waals surface area contributed by atoms with E-state index in [9.17, 15) is 14.4 Å². The maximum atomic E-state index is 13.7. The van der Waals surface area contributed by atoms with E-state index in [4.69, 9.17) is 4.74 Å². The molecule has 1 saturated heterocycles. The Labute approximate surface area is 220 Å². The van der Waals surface area contributed by atoms with Gasteiger partial charge in [-0.3, -0.25) is 14.5 Å². The Kier molecular flexibility index (Phi) is 7.55. The van der Waals surface area contributed by atoms with Gasteiger partial charge in [-0.1, -0.05) is 49.6 Å².